The molecule has 0 N–H and O–H groups in total. The van der Waals surface area contributed by atoms with Gasteiger partial charge in [0.1, 0.15) is 0 Å². The van der Waals surface area contributed by atoms with Gasteiger partial charge >= 0.3 is 0 Å². The van der Waals surface area contributed by atoms with Gasteiger partial charge in [0.25, 0.3) is 0 Å². The van der Waals surface area contributed by atoms with Crippen molar-refractivity contribution in [1.29, 1.82) is 0 Å². The van der Waals surface area contributed by atoms with Gasteiger partial charge < -0.3 is 0 Å². The molecule has 0 unspecified atom stereocenters. The average Bonchev–Trinajstić information content (AvgIpc) is 2.48. The van der Waals surface area contributed by atoms with E-state index in [0.29, 0.717) is 5.56 Å². The smallest absolute Gasteiger partial charge is 0.234 e. The zero-order chi connectivity index (χ0) is 14.1. The molecule has 20 heavy (non-hydrogen) atoms. The molecule has 1 aromatic heterocycles. The van der Waals surface area contributed by atoms with Crippen LogP contribution in [0.25, 0.3) is 22.2 Å². The Balaban J connectivity index is 2.38. The number of fused-ring (bicyclic) bond motifs is 1. The summed E-state index contributed by atoms with van der Waals surface area (Å²) >= 11 is 3.43. The molecule has 1 radical (unpaired) electrons. The average molecular weight is 325 g/mol. The van der Waals surface area contributed by atoms with Crippen molar-refractivity contribution in [3.63, 3.8) is 0 Å². The molecule has 2 nitrogen and oxygen atoms in total. The van der Waals surface area contributed by atoms with Crippen LogP contribution in [0, 0.1) is 6.92 Å². The molecule has 0 saturated carbocycles. The summed E-state index contributed by atoms with van der Waals surface area (Å²) in [6, 6.07) is 15.6. The number of aromatic nitrogens is 1. The van der Waals surface area contributed by atoms with Gasteiger partial charge in [0.15, 0.2) is 0 Å². The Morgan fingerprint density at radius 2 is 1.85 bits per heavy atom. The fraction of sp³-hybridized carbons (Fsp3) is 0.0588. The molecule has 0 aliphatic heterocycles. The van der Waals surface area contributed by atoms with Crippen molar-refractivity contribution >= 4 is 33.1 Å². The van der Waals surface area contributed by atoms with Crippen molar-refractivity contribution in [3.05, 3.63) is 64.1 Å². The lowest BCUT2D eigenvalue weighted by molar-refractivity contribution is 0.563. The van der Waals surface area contributed by atoms with Gasteiger partial charge in [0, 0.05) is 21.0 Å². The number of nitrogens with zero attached hydrogens (tertiary/aromatic N) is 1. The Labute approximate surface area is 125 Å². The summed E-state index contributed by atoms with van der Waals surface area (Å²) in [4.78, 5) is 16.1. The lowest BCUT2D eigenvalue weighted by atomic mass is 9.99. The normalized spacial score (nSPS) is 10.7. The Morgan fingerprint density at radius 1 is 1.10 bits per heavy atom. The standard InChI is InChI=1S/C17H11BrNO/c1-11-15(10-20)14-9-13(18)7-8-16(14)19-17(11)12-5-3-2-4-6-12/h2-9H,1H3. The molecule has 2 aromatic carbocycles. The van der Waals surface area contributed by atoms with Crippen LogP contribution in [0.2, 0.25) is 0 Å². The number of hydrogen-bond acceptors (Lipinski definition) is 2. The lowest BCUT2D eigenvalue weighted by Gasteiger charge is -2.11. The fourth-order valence-electron chi connectivity index (χ4n) is 2.34. The minimum absolute atomic E-state index is 0.579. The molecular formula is C17H11BrNO. The molecule has 1 heterocycles. The van der Waals surface area contributed by atoms with Gasteiger partial charge in [0.2, 0.25) is 6.29 Å². The predicted molar refractivity (Wildman–Crippen MR) is 84.4 cm³/mol. The zero-order valence-corrected chi connectivity index (χ0v) is 12.4. The summed E-state index contributed by atoms with van der Waals surface area (Å²) in [5, 5.41) is 0.826. The van der Waals surface area contributed by atoms with Crippen LogP contribution in [0.5, 0.6) is 0 Å². The fourth-order valence-corrected chi connectivity index (χ4v) is 2.70. The van der Waals surface area contributed by atoms with Crippen molar-refractivity contribution in [2.75, 3.05) is 0 Å². The maximum Gasteiger partial charge on any atom is 0.234 e. The summed E-state index contributed by atoms with van der Waals surface area (Å²) in [5.41, 5.74) is 4.08. The van der Waals surface area contributed by atoms with Gasteiger partial charge in [-0.15, -0.1) is 0 Å². The van der Waals surface area contributed by atoms with E-state index in [4.69, 9.17) is 4.98 Å². The van der Waals surface area contributed by atoms with Gasteiger partial charge in [0.05, 0.1) is 11.2 Å². The highest BCUT2D eigenvalue weighted by Crippen LogP contribution is 2.30. The van der Waals surface area contributed by atoms with E-state index >= 15 is 0 Å². The first kappa shape index (κ1) is 13.0. The van der Waals surface area contributed by atoms with Crippen molar-refractivity contribution in [1.82, 2.24) is 4.98 Å². The van der Waals surface area contributed by atoms with Crippen LogP contribution in [-0.4, -0.2) is 11.3 Å². The molecule has 0 aliphatic rings. The van der Waals surface area contributed by atoms with E-state index in [1.165, 1.54) is 0 Å². The third-order valence-electron chi connectivity index (χ3n) is 3.34. The van der Waals surface area contributed by atoms with E-state index in [-0.39, 0.29) is 0 Å². The minimum atomic E-state index is 0.579. The Kier molecular flexibility index (Phi) is 3.36. The number of benzene rings is 2. The molecule has 0 atom stereocenters. The summed E-state index contributed by atoms with van der Waals surface area (Å²) in [6.45, 7) is 1.91. The van der Waals surface area contributed by atoms with Crippen molar-refractivity contribution in [2.45, 2.75) is 6.92 Å². The first-order valence-electron chi connectivity index (χ1n) is 6.24. The minimum Gasteiger partial charge on any atom is -0.285 e. The summed E-state index contributed by atoms with van der Waals surface area (Å²) in [6.07, 6.45) is 2.06. The van der Waals surface area contributed by atoms with Gasteiger partial charge in [-0.2, -0.15) is 0 Å². The highest BCUT2D eigenvalue weighted by molar-refractivity contribution is 9.10. The molecule has 0 saturated heterocycles. The summed E-state index contributed by atoms with van der Waals surface area (Å²) in [7, 11) is 0. The van der Waals surface area contributed by atoms with E-state index < -0.39 is 0 Å². The van der Waals surface area contributed by atoms with Crippen LogP contribution in [-0.2, 0) is 4.79 Å². The van der Waals surface area contributed by atoms with Crippen LogP contribution < -0.4 is 0 Å². The third-order valence-corrected chi connectivity index (χ3v) is 3.83. The van der Waals surface area contributed by atoms with Crippen molar-refractivity contribution in [3.8, 4) is 11.3 Å². The maximum atomic E-state index is 11.4. The van der Waals surface area contributed by atoms with Crippen LogP contribution in [0.4, 0.5) is 0 Å². The predicted octanol–water partition coefficient (Wildman–Crippen LogP) is 4.43. The van der Waals surface area contributed by atoms with Crippen LogP contribution in [0.15, 0.2) is 53.0 Å². The second-order valence-corrected chi connectivity index (χ2v) is 5.51. The molecule has 0 aliphatic carbocycles. The van der Waals surface area contributed by atoms with E-state index in [2.05, 4.69) is 22.2 Å². The SMILES string of the molecule is Cc1c(-c2ccccc2)nc2ccc(Br)cc2c1[C]=O. The van der Waals surface area contributed by atoms with E-state index in [9.17, 15) is 4.79 Å². The Morgan fingerprint density at radius 3 is 2.55 bits per heavy atom. The zero-order valence-electron chi connectivity index (χ0n) is 10.9. The maximum absolute atomic E-state index is 11.4. The van der Waals surface area contributed by atoms with Crippen LogP contribution in [0.3, 0.4) is 0 Å². The Bertz CT molecular complexity index is 797. The highest BCUT2D eigenvalue weighted by atomic mass is 79.9. The second-order valence-electron chi connectivity index (χ2n) is 4.59. The largest absolute Gasteiger partial charge is 0.285 e. The summed E-state index contributed by atoms with van der Waals surface area (Å²) < 4.78 is 0.926. The Hall–Kier alpha value is -2.00. The van der Waals surface area contributed by atoms with Gasteiger partial charge in [-0.25, -0.2) is 4.98 Å². The molecule has 0 fully saturated rings. The van der Waals surface area contributed by atoms with Crippen molar-refractivity contribution < 1.29 is 4.79 Å². The van der Waals surface area contributed by atoms with Gasteiger partial charge in [-0.3, -0.25) is 4.79 Å². The molecule has 0 amide bonds. The highest BCUT2D eigenvalue weighted by Gasteiger charge is 2.13. The van der Waals surface area contributed by atoms with E-state index in [1.54, 1.807) is 0 Å². The molecule has 3 heteroatoms. The number of pyridine rings is 1. The molecule has 0 bridgehead atoms. The molecule has 3 rings (SSSR count). The number of rotatable bonds is 2. The van der Waals surface area contributed by atoms with Gasteiger partial charge in [-0.1, -0.05) is 46.3 Å². The third kappa shape index (κ3) is 2.14. The molecule has 0 spiro atoms. The quantitative estimate of drug-likeness (QED) is 0.698. The van der Waals surface area contributed by atoms with Crippen molar-refractivity contribution in [2.24, 2.45) is 0 Å². The van der Waals surface area contributed by atoms with Crippen LogP contribution >= 0.6 is 15.9 Å². The number of carbonyl (C=O) groups excluding carboxylic acids is 1. The monoisotopic (exact) mass is 324 g/mol. The molecule has 3 aromatic rings. The topological polar surface area (TPSA) is 30.0 Å². The molecule has 97 valence electrons. The number of halogens is 1. The van der Waals surface area contributed by atoms with Crippen LogP contribution in [0.1, 0.15) is 11.1 Å². The summed E-state index contributed by atoms with van der Waals surface area (Å²) in [5.74, 6) is 0. The number of hydrogen-bond donors (Lipinski definition) is 0. The first-order chi connectivity index (χ1) is 9.70. The van der Waals surface area contributed by atoms with E-state index in [1.807, 2.05) is 55.5 Å². The van der Waals surface area contributed by atoms with E-state index in [0.717, 1.165) is 32.2 Å². The first-order valence-corrected chi connectivity index (χ1v) is 7.03. The molecular weight excluding hydrogens is 314 g/mol. The second kappa shape index (κ2) is 5.17. The van der Waals surface area contributed by atoms with Gasteiger partial charge in [-0.05, 0) is 30.7 Å². The lowest BCUT2D eigenvalue weighted by Crippen LogP contribution is -1.97.